The molecule has 0 spiro atoms. The Hall–Kier alpha value is -3.30. The van der Waals surface area contributed by atoms with Gasteiger partial charge in [-0.3, -0.25) is 9.78 Å². The van der Waals surface area contributed by atoms with E-state index in [1.807, 2.05) is 6.07 Å². The molecule has 8 nitrogen and oxygen atoms in total. The van der Waals surface area contributed by atoms with Gasteiger partial charge in [0.15, 0.2) is 0 Å². The number of methoxy groups -OCH3 is 1. The van der Waals surface area contributed by atoms with Gasteiger partial charge in [0, 0.05) is 23.2 Å². The Bertz CT molecular complexity index is 1230. The molecule has 0 aromatic carbocycles. The van der Waals surface area contributed by atoms with E-state index in [4.69, 9.17) is 21.6 Å². The lowest BCUT2D eigenvalue weighted by molar-refractivity contribution is -0.137. The Labute approximate surface area is 201 Å². The minimum Gasteiger partial charge on any atom is -0.495 e. The molecule has 0 bridgehead atoms. The van der Waals surface area contributed by atoms with E-state index in [0.717, 1.165) is 18.0 Å². The molecule has 2 aliphatic heterocycles. The number of thioether (sulfide) groups is 1. The number of halogens is 4. The predicted molar refractivity (Wildman–Crippen MR) is 118 cm³/mol. The number of urea groups is 1. The van der Waals surface area contributed by atoms with Gasteiger partial charge in [0.25, 0.3) is 5.91 Å². The van der Waals surface area contributed by atoms with Crippen molar-refractivity contribution in [1.29, 1.82) is 5.26 Å². The molecule has 0 aliphatic carbocycles. The lowest BCUT2D eigenvalue weighted by Crippen LogP contribution is -2.62. The Morgan fingerprint density at radius 3 is 2.71 bits per heavy atom. The standard InChI is InChI=1S/C21H15ClF3N5O3S/c1-33-13-6-14(18(22)28-10-13)16-7-15-17(34-16)19(31)30(20(32)29(15)4-2-3-26)12-5-11(8-27-9-12)21(23,24)25/h5-10,15,17H,2,4H2,1H3. The van der Waals surface area contributed by atoms with Crippen molar-refractivity contribution in [2.45, 2.75) is 23.9 Å². The van der Waals surface area contributed by atoms with Crippen molar-refractivity contribution in [3.05, 3.63) is 53.1 Å². The fourth-order valence-electron chi connectivity index (χ4n) is 3.64. The van der Waals surface area contributed by atoms with Crippen LogP contribution in [0.1, 0.15) is 17.5 Å². The number of rotatable bonds is 5. The maximum Gasteiger partial charge on any atom is 0.417 e. The number of nitriles is 1. The summed E-state index contributed by atoms with van der Waals surface area (Å²) in [6.45, 7) is -0.0267. The molecule has 2 aromatic heterocycles. The van der Waals surface area contributed by atoms with E-state index in [0.29, 0.717) is 33.4 Å². The monoisotopic (exact) mass is 509 g/mol. The third-order valence-corrected chi connectivity index (χ3v) is 6.88. The summed E-state index contributed by atoms with van der Waals surface area (Å²) in [4.78, 5) is 36.8. The Morgan fingerprint density at radius 1 is 1.26 bits per heavy atom. The first-order chi connectivity index (χ1) is 16.2. The van der Waals surface area contributed by atoms with Crippen LogP contribution in [0, 0.1) is 11.3 Å². The molecule has 0 N–H and O–H groups in total. The number of imide groups is 1. The van der Waals surface area contributed by atoms with Crippen LogP contribution in [0.2, 0.25) is 5.15 Å². The zero-order valence-electron chi connectivity index (χ0n) is 17.4. The largest absolute Gasteiger partial charge is 0.495 e. The molecule has 4 heterocycles. The van der Waals surface area contributed by atoms with Crippen LogP contribution in [-0.2, 0) is 11.0 Å². The van der Waals surface area contributed by atoms with Crippen molar-refractivity contribution < 1.29 is 27.5 Å². The van der Waals surface area contributed by atoms with Crippen LogP contribution < -0.4 is 9.64 Å². The average molecular weight is 510 g/mol. The van der Waals surface area contributed by atoms with E-state index in [-0.39, 0.29) is 23.8 Å². The van der Waals surface area contributed by atoms with E-state index in [9.17, 15) is 22.8 Å². The van der Waals surface area contributed by atoms with Crippen LogP contribution in [0.15, 0.2) is 36.8 Å². The summed E-state index contributed by atoms with van der Waals surface area (Å²) in [6, 6.07) is 2.70. The maximum absolute atomic E-state index is 13.4. The molecule has 34 heavy (non-hydrogen) atoms. The summed E-state index contributed by atoms with van der Waals surface area (Å²) < 4.78 is 44.8. The van der Waals surface area contributed by atoms with E-state index >= 15 is 0 Å². The number of nitrogens with zero attached hydrogens (tertiary/aromatic N) is 5. The zero-order valence-corrected chi connectivity index (χ0v) is 19.0. The van der Waals surface area contributed by atoms with Crippen molar-refractivity contribution >= 4 is 45.9 Å². The van der Waals surface area contributed by atoms with Crippen molar-refractivity contribution in [2.24, 2.45) is 0 Å². The predicted octanol–water partition coefficient (Wildman–Crippen LogP) is 4.36. The van der Waals surface area contributed by atoms with Gasteiger partial charge >= 0.3 is 12.2 Å². The quantitative estimate of drug-likeness (QED) is 0.552. The highest BCUT2D eigenvalue weighted by atomic mass is 35.5. The molecule has 0 saturated carbocycles. The van der Waals surface area contributed by atoms with Crippen LogP contribution >= 0.6 is 23.4 Å². The first kappa shape index (κ1) is 23.8. The van der Waals surface area contributed by atoms with Gasteiger partial charge in [0.05, 0.1) is 49.3 Å². The number of carbonyl (C=O) groups excluding carboxylic acids is 2. The molecule has 2 unspecified atom stereocenters. The van der Waals surface area contributed by atoms with E-state index in [2.05, 4.69) is 9.97 Å². The lowest BCUT2D eigenvalue weighted by Gasteiger charge is -2.40. The summed E-state index contributed by atoms with van der Waals surface area (Å²) in [5.74, 6) is -0.274. The van der Waals surface area contributed by atoms with E-state index in [1.165, 1.54) is 18.2 Å². The molecule has 2 aromatic rings. The number of hydrogen-bond acceptors (Lipinski definition) is 7. The number of aromatic nitrogens is 2. The van der Waals surface area contributed by atoms with Gasteiger partial charge in [0.1, 0.15) is 16.2 Å². The summed E-state index contributed by atoms with van der Waals surface area (Å²) in [5, 5.41) is 8.33. The van der Waals surface area contributed by atoms with Crippen LogP contribution in [0.5, 0.6) is 5.75 Å². The minimum absolute atomic E-state index is 0.0267. The highest BCUT2D eigenvalue weighted by Crippen LogP contribution is 2.47. The molecule has 0 radical (unpaired) electrons. The van der Waals surface area contributed by atoms with Crippen LogP contribution in [0.25, 0.3) is 4.91 Å². The maximum atomic E-state index is 13.4. The molecule has 4 rings (SSSR count). The van der Waals surface area contributed by atoms with Crippen molar-refractivity contribution in [1.82, 2.24) is 14.9 Å². The molecule has 1 saturated heterocycles. The molecule has 3 amide bonds. The van der Waals surface area contributed by atoms with Gasteiger partial charge in [0.2, 0.25) is 0 Å². The van der Waals surface area contributed by atoms with Crippen LogP contribution in [0.4, 0.5) is 23.7 Å². The SMILES string of the molecule is COc1cnc(Cl)c(C2=CC3C(S2)C(=O)N(c2cncc(C(F)(F)F)c2)C(=O)N3CCC#N)c1. The highest BCUT2D eigenvalue weighted by Gasteiger charge is 2.50. The number of hydrogen-bond donors (Lipinski definition) is 0. The summed E-state index contributed by atoms with van der Waals surface area (Å²) in [5.41, 5.74) is -0.919. The molecule has 13 heteroatoms. The van der Waals surface area contributed by atoms with Gasteiger partial charge in [-0.25, -0.2) is 14.7 Å². The van der Waals surface area contributed by atoms with Crippen LogP contribution in [0.3, 0.4) is 0 Å². The van der Waals surface area contributed by atoms with Crippen molar-refractivity contribution in [2.75, 3.05) is 18.6 Å². The second-order valence-electron chi connectivity index (χ2n) is 7.26. The number of anilines is 1. The fraction of sp³-hybridized carbons (Fsp3) is 0.286. The average Bonchev–Trinajstić information content (AvgIpc) is 3.24. The molecule has 1 fully saturated rings. The second-order valence-corrected chi connectivity index (χ2v) is 8.80. The lowest BCUT2D eigenvalue weighted by atomic mass is 10.0. The van der Waals surface area contributed by atoms with Gasteiger partial charge in [-0.15, -0.1) is 11.8 Å². The molecular formula is C21H15ClF3N5O3S. The van der Waals surface area contributed by atoms with E-state index < -0.39 is 35.0 Å². The second kappa shape index (κ2) is 9.15. The summed E-state index contributed by atoms with van der Waals surface area (Å²) in [7, 11) is 1.46. The topological polar surface area (TPSA) is 99.4 Å². The van der Waals surface area contributed by atoms with Crippen molar-refractivity contribution in [3.63, 3.8) is 0 Å². The first-order valence-corrected chi connectivity index (χ1v) is 11.0. The zero-order chi connectivity index (χ0) is 24.6. The van der Waals surface area contributed by atoms with Gasteiger partial charge in [-0.05, 0) is 18.2 Å². The highest BCUT2D eigenvalue weighted by molar-refractivity contribution is 8.09. The summed E-state index contributed by atoms with van der Waals surface area (Å²) in [6.07, 6.45) is -0.0129. The Balaban J connectivity index is 1.75. The van der Waals surface area contributed by atoms with Gasteiger partial charge in [-0.1, -0.05) is 11.6 Å². The van der Waals surface area contributed by atoms with Gasteiger partial charge in [-0.2, -0.15) is 18.4 Å². The molecular weight excluding hydrogens is 495 g/mol. The number of ether oxygens (including phenoxy) is 1. The number of carbonyl (C=O) groups is 2. The number of amides is 3. The third-order valence-electron chi connectivity index (χ3n) is 5.24. The minimum atomic E-state index is -4.71. The van der Waals surface area contributed by atoms with E-state index in [1.54, 1.807) is 12.1 Å². The normalized spacial score (nSPS) is 20.2. The fourth-order valence-corrected chi connectivity index (χ4v) is 5.25. The molecule has 176 valence electrons. The number of alkyl halides is 3. The Kier molecular flexibility index (Phi) is 6.42. The third kappa shape index (κ3) is 4.28. The summed E-state index contributed by atoms with van der Waals surface area (Å²) >= 11 is 7.35. The molecule has 2 atom stereocenters. The van der Waals surface area contributed by atoms with Crippen molar-refractivity contribution in [3.8, 4) is 11.8 Å². The molecule has 2 aliphatic rings. The number of pyridine rings is 2. The number of fused-ring (bicyclic) bond motifs is 1. The van der Waals surface area contributed by atoms with Gasteiger partial charge < -0.3 is 9.64 Å². The smallest absolute Gasteiger partial charge is 0.417 e. The Morgan fingerprint density at radius 2 is 2.03 bits per heavy atom. The first-order valence-electron chi connectivity index (χ1n) is 9.78. The van der Waals surface area contributed by atoms with Crippen LogP contribution in [-0.4, -0.2) is 51.8 Å².